The molecular weight excluding hydrogens is 401 g/mol. The fourth-order valence-electron chi connectivity index (χ4n) is 4.02. The van der Waals surface area contributed by atoms with Crippen LogP contribution in [-0.2, 0) is 11.0 Å². The SMILES string of the molecule is O=C1C[C@@H](c2ccco2)CC2=C1[C@@H](c1ccc(O)cc1)n1nc(C(F)(F)F)nc1N2. The molecule has 0 fully saturated rings. The van der Waals surface area contributed by atoms with Crippen molar-refractivity contribution in [3.8, 4) is 5.75 Å². The fraction of sp³-hybridized carbons (Fsp3) is 0.250. The summed E-state index contributed by atoms with van der Waals surface area (Å²) >= 11 is 0. The van der Waals surface area contributed by atoms with E-state index in [4.69, 9.17) is 4.42 Å². The zero-order valence-corrected chi connectivity index (χ0v) is 15.3. The highest BCUT2D eigenvalue weighted by Gasteiger charge is 2.43. The molecule has 154 valence electrons. The third-order valence-electron chi connectivity index (χ3n) is 5.33. The number of furan rings is 1. The van der Waals surface area contributed by atoms with Gasteiger partial charge in [0.05, 0.1) is 6.26 Å². The van der Waals surface area contributed by atoms with E-state index in [-0.39, 0.29) is 29.8 Å². The number of nitrogens with one attached hydrogen (secondary N) is 1. The number of allylic oxidation sites excluding steroid dienone is 2. The number of halogens is 3. The van der Waals surface area contributed by atoms with Crippen LogP contribution < -0.4 is 5.32 Å². The molecule has 0 saturated heterocycles. The van der Waals surface area contributed by atoms with E-state index >= 15 is 0 Å². The first-order valence-corrected chi connectivity index (χ1v) is 9.20. The molecule has 1 aromatic carbocycles. The Morgan fingerprint density at radius 1 is 1.17 bits per heavy atom. The van der Waals surface area contributed by atoms with Gasteiger partial charge in [0.15, 0.2) is 5.78 Å². The largest absolute Gasteiger partial charge is 0.508 e. The summed E-state index contributed by atoms with van der Waals surface area (Å²) in [6, 6.07) is 8.56. The van der Waals surface area contributed by atoms with Crippen LogP contribution in [0.1, 0.15) is 41.9 Å². The molecule has 1 aliphatic carbocycles. The van der Waals surface area contributed by atoms with Crippen molar-refractivity contribution in [2.24, 2.45) is 0 Å². The molecule has 5 rings (SSSR count). The molecule has 3 heterocycles. The van der Waals surface area contributed by atoms with Crippen LogP contribution in [0.5, 0.6) is 5.75 Å². The summed E-state index contributed by atoms with van der Waals surface area (Å²) in [5.41, 5.74) is 1.36. The normalized spacial score (nSPS) is 21.2. The molecule has 0 amide bonds. The molecular formula is C20H15F3N4O3. The Morgan fingerprint density at radius 2 is 1.93 bits per heavy atom. The lowest BCUT2D eigenvalue weighted by Gasteiger charge is -2.34. The first-order valence-electron chi connectivity index (χ1n) is 9.20. The van der Waals surface area contributed by atoms with Crippen LogP contribution in [0.3, 0.4) is 0 Å². The Kier molecular flexibility index (Phi) is 3.99. The second-order valence-electron chi connectivity index (χ2n) is 7.26. The molecule has 2 N–H and O–H groups in total. The average molecular weight is 416 g/mol. The number of aromatic hydroxyl groups is 1. The van der Waals surface area contributed by atoms with Gasteiger partial charge in [0, 0.05) is 23.6 Å². The Labute approximate surface area is 167 Å². The second-order valence-corrected chi connectivity index (χ2v) is 7.26. The summed E-state index contributed by atoms with van der Waals surface area (Å²) in [6.07, 6.45) is -2.66. The van der Waals surface area contributed by atoms with Crippen molar-refractivity contribution in [1.29, 1.82) is 0 Å². The van der Waals surface area contributed by atoms with Crippen LogP contribution in [0, 0.1) is 0 Å². The van der Waals surface area contributed by atoms with Crippen LogP contribution in [-0.4, -0.2) is 25.7 Å². The lowest BCUT2D eigenvalue weighted by atomic mass is 9.79. The average Bonchev–Trinajstić information content (AvgIpc) is 3.36. The smallest absolute Gasteiger partial charge is 0.453 e. The van der Waals surface area contributed by atoms with Gasteiger partial charge in [0.1, 0.15) is 17.6 Å². The highest BCUT2D eigenvalue weighted by Crippen LogP contribution is 2.45. The number of ketones is 1. The van der Waals surface area contributed by atoms with Crippen LogP contribution in [0.25, 0.3) is 0 Å². The van der Waals surface area contributed by atoms with Crippen molar-refractivity contribution in [2.45, 2.75) is 31.0 Å². The van der Waals surface area contributed by atoms with Crippen molar-refractivity contribution in [2.75, 3.05) is 5.32 Å². The van der Waals surface area contributed by atoms with Gasteiger partial charge >= 0.3 is 6.18 Å². The minimum Gasteiger partial charge on any atom is -0.508 e. The number of alkyl halides is 3. The van der Waals surface area contributed by atoms with Crippen molar-refractivity contribution in [1.82, 2.24) is 14.8 Å². The van der Waals surface area contributed by atoms with Crippen molar-refractivity contribution < 1.29 is 27.5 Å². The fourth-order valence-corrected chi connectivity index (χ4v) is 4.02. The van der Waals surface area contributed by atoms with Crippen LogP contribution in [0.2, 0.25) is 0 Å². The highest BCUT2D eigenvalue weighted by molar-refractivity contribution is 6.00. The van der Waals surface area contributed by atoms with Crippen LogP contribution in [0.15, 0.2) is 58.3 Å². The molecule has 0 saturated carbocycles. The van der Waals surface area contributed by atoms with Crippen LogP contribution >= 0.6 is 0 Å². The van der Waals surface area contributed by atoms with Gasteiger partial charge in [-0.15, -0.1) is 5.10 Å². The Morgan fingerprint density at radius 3 is 2.60 bits per heavy atom. The number of rotatable bonds is 2. The summed E-state index contributed by atoms with van der Waals surface area (Å²) in [4.78, 5) is 16.7. The minimum atomic E-state index is -4.73. The number of phenolic OH excluding ortho intramolecular Hbond substituents is 1. The Hall–Kier alpha value is -3.56. The minimum absolute atomic E-state index is 0.00420. The summed E-state index contributed by atoms with van der Waals surface area (Å²) in [6.45, 7) is 0. The van der Waals surface area contributed by atoms with E-state index in [0.717, 1.165) is 4.68 Å². The number of Topliss-reactive ketones (excluding diaryl/α,β-unsaturated/α-hetero) is 1. The lowest BCUT2D eigenvalue weighted by Crippen LogP contribution is -2.33. The zero-order chi connectivity index (χ0) is 21.0. The van der Waals surface area contributed by atoms with Gasteiger partial charge in [-0.1, -0.05) is 12.1 Å². The highest BCUT2D eigenvalue weighted by atomic mass is 19.4. The standard InChI is InChI=1S/C20H15F3N4O3/c21-20(22,23)18-25-19-24-13-8-11(15-2-1-7-30-15)9-14(29)16(13)17(27(19)26-18)10-3-5-12(28)6-4-10/h1-7,11,17,28H,8-9H2,(H,24,25,26)/t11-,17+/m0/s1. The van der Waals surface area contributed by atoms with Gasteiger partial charge in [0.25, 0.3) is 5.82 Å². The third kappa shape index (κ3) is 2.95. The Bertz CT molecular complexity index is 1150. The molecule has 7 nitrogen and oxygen atoms in total. The molecule has 30 heavy (non-hydrogen) atoms. The molecule has 3 aromatic rings. The van der Waals surface area contributed by atoms with E-state index in [2.05, 4.69) is 15.4 Å². The molecule has 2 atom stereocenters. The third-order valence-corrected chi connectivity index (χ3v) is 5.33. The van der Waals surface area contributed by atoms with Gasteiger partial charge < -0.3 is 14.8 Å². The first-order chi connectivity index (χ1) is 14.3. The number of hydrogen-bond donors (Lipinski definition) is 2. The number of carbonyl (C=O) groups is 1. The van der Waals surface area contributed by atoms with E-state index in [1.807, 2.05) is 0 Å². The molecule has 0 bridgehead atoms. The topological polar surface area (TPSA) is 93.2 Å². The van der Waals surface area contributed by atoms with E-state index in [9.17, 15) is 23.1 Å². The summed E-state index contributed by atoms with van der Waals surface area (Å²) in [5, 5.41) is 16.1. The second kappa shape index (κ2) is 6.48. The number of nitrogens with zero attached hydrogens (tertiary/aromatic N) is 3. The van der Waals surface area contributed by atoms with E-state index < -0.39 is 18.0 Å². The van der Waals surface area contributed by atoms with Crippen molar-refractivity contribution in [3.63, 3.8) is 0 Å². The molecule has 0 spiro atoms. The number of anilines is 1. The van der Waals surface area contributed by atoms with Crippen molar-refractivity contribution in [3.05, 3.63) is 71.1 Å². The van der Waals surface area contributed by atoms with Crippen LogP contribution in [0.4, 0.5) is 19.1 Å². The molecule has 0 radical (unpaired) electrons. The number of fused-ring (bicyclic) bond motifs is 1. The maximum Gasteiger partial charge on any atom is 0.453 e. The molecule has 2 aliphatic rings. The zero-order valence-electron chi connectivity index (χ0n) is 15.3. The van der Waals surface area contributed by atoms with Crippen molar-refractivity contribution >= 4 is 11.7 Å². The maximum atomic E-state index is 13.3. The maximum absolute atomic E-state index is 13.3. The first kappa shape index (κ1) is 18.5. The lowest BCUT2D eigenvalue weighted by molar-refractivity contribution is -0.145. The van der Waals surface area contributed by atoms with E-state index in [1.165, 1.54) is 18.4 Å². The molecule has 10 heteroatoms. The predicted octanol–water partition coefficient (Wildman–Crippen LogP) is 4.01. The number of carbonyl (C=O) groups excluding carboxylic acids is 1. The summed E-state index contributed by atoms with van der Waals surface area (Å²) in [7, 11) is 0. The monoisotopic (exact) mass is 416 g/mol. The molecule has 1 aliphatic heterocycles. The number of phenols is 1. The summed E-state index contributed by atoms with van der Waals surface area (Å²) in [5.74, 6) is -1.17. The van der Waals surface area contributed by atoms with Gasteiger partial charge in [-0.3, -0.25) is 4.79 Å². The van der Waals surface area contributed by atoms with Gasteiger partial charge in [-0.25, -0.2) is 4.68 Å². The Balaban J connectivity index is 1.64. The quantitative estimate of drug-likeness (QED) is 0.656. The van der Waals surface area contributed by atoms with Gasteiger partial charge in [0.2, 0.25) is 5.95 Å². The van der Waals surface area contributed by atoms with E-state index in [1.54, 1.807) is 24.3 Å². The molecule has 2 aromatic heterocycles. The number of hydrogen-bond acceptors (Lipinski definition) is 6. The van der Waals surface area contributed by atoms with Gasteiger partial charge in [-0.05, 0) is 36.2 Å². The van der Waals surface area contributed by atoms with Gasteiger partial charge in [-0.2, -0.15) is 18.2 Å². The van der Waals surface area contributed by atoms with E-state index in [0.29, 0.717) is 29.0 Å². The number of aromatic nitrogens is 3. The number of benzene rings is 1. The summed E-state index contributed by atoms with van der Waals surface area (Å²) < 4.78 is 46.3. The predicted molar refractivity (Wildman–Crippen MR) is 97.6 cm³/mol. The molecule has 0 unspecified atom stereocenters.